The van der Waals surface area contributed by atoms with E-state index in [4.69, 9.17) is 18.9 Å². The minimum atomic E-state index is 0.550. The van der Waals surface area contributed by atoms with Crippen molar-refractivity contribution in [2.75, 3.05) is 26.9 Å². The monoisotopic (exact) mass is 434 g/mol. The summed E-state index contributed by atoms with van der Waals surface area (Å²) in [5, 5.41) is 4.75. The number of pyridine rings is 1. The maximum absolute atomic E-state index is 6.10. The first kappa shape index (κ1) is 20.9. The number of ether oxygens (including phenoxy) is 4. The minimum absolute atomic E-state index is 0.550. The van der Waals surface area contributed by atoms with Crippen molar-refractivity contribution in [2.45, 2.75) is 38.3 Å². The van der Waals surface area contributed by atoms with Crippen molar-refractivity contribution < 1.29 is 18.9 Å². The summed E-state index contributed by atoms with van der Waals surface area (Å²) in [5.74, 6) is 3.95. The molecule has 0 bridgehead atoms. The molecular weight excluding hydrogens is 404 g/mol. The topological polar surface area (TPSA) is 61.8 Å². The van der Waals surface area contributed by atoms with Crippen molar-refractivity contribution in [3.8, 4) is 23.0 Å². The van der Waals surface area contributed by atoms with Crippen LogP contribution in [0.25, 0.3) is 10.9 Å². The molecule has 1 saturated carbocycles. The van der Waals surface area contributed by atoms with Crippen LogP contribution in [0.1, 0.15) is 31.2 Å². The normalized spacial score (nSPS) is 20.2. The lowest BCUT2D eigenvalue weighted by Crippen LogP contribution is -2.34. The number of hydrogen-bond acceptors (Lipinski definition) is 6. The molecule has 0 amide bonds. The lowest BCUT2D eigenvalue weighted by Gasteiger charge is -2.29. The molecular formula is C26H30N2O4. The fourth-order valence-electron chi connectivity index (χ4n) is 4.50. The first-order chi connectivity index (χ1) is 15.8. The van der Waals surface area contributed by atoms with Crippen LogP contribution in [-0.2, 0) is 6.54 Å². The van der Waals surface area contributed by atoms with Crippen molar-refractivity contribution in [2.24, 2.45) is 5.92 Å². The summed E-state index contributed by atoms with van der Waals surface area (Å²) < 4.78 is 22.7. The summed E-state index contributed by atoms with van der Waals surface area (Å²) in [6.45, 7) is 2.85. The molecule has 1 N–H and O–H groups in total. The van der Waals surface area contributed by atoms with Gasteiger partial charge >= 0.3 is 0 Å². The molecule has 32 heavy (non-hydrogen) atoms. The fourth-order valence-corrected chi connectivity index (χ4v) is 4.50. The number of nitrogens with one attached hydrogen (secondary N) is 1. The molecule has 3 aromatic rings. The van der Waals surface area contributed by atoms with Gasteiger partial charge in [0.15, 0.2) is 11.5 Å². The number of aromatic nitrogens is 1. The third-order valence-corrected chi connectivity index (χ3v) is 6.40. The van der Waals surface area contributed by atoms with E-state index in [1.54, 1.807) is 7.11 Å². The molecule has 2 heterocycles. The van der Waals surface area contributed by atoms with E-state index in [0.717, 1.165) is 47.1 Å². The van der Waals surface area contributed by atoms with E-state index in [1.165, 1.54) is 31.2 Å². The highest BCUT2D eigenvalue weighted by Gasteiger charge is 2.22. The van der Waals surface area contributed by atoms with Gasteiger partial charge in [0.2, 0.25) is 0 Å². The predicted octanol–water partition coefficient (Wildman–Crippen LogP) is 4.74. The second-order valence-corrected chi connectivity index (χ2v) is 8.62. The van der Waals surface area contributed by atoms with Crippen LogP contribution in [0.4, 0.5) is 0 Å². The van der Waals surface area contributed by atoms with Crippen LogP contribution in [0.5, 0.6) is 23.0 Å². The van der Waals surface area contributed by atoms with Gasteiger partial charge in [0, 0.05) is 18.0 Å². The summed E-state index contributed by atoms with van der Waals surface area (Å²) in [6, 6.07) is 14.7. The van der Waals surface area contributed by atoms with Gasteiger partial charge in [-0.25, -0.2) is 0 Å². The predicted molar refractivity (Wildman–Crippen MR) is 124 cm³/mol. The van der Waals surface area contributed by atoms with Gasteiger partial charge in [-0.2, -0.15) is 0 Å². The number of methoxy groups -OCH3 is 1. The van der Waals surface area contributed by atoms with Crippen LogP contribution in [0.3, 0.4) is 0 Å². The molecule has 1 aromatic heterocycles. The maximum Gasteiger partial charge on any atom is 0.161 e. The van der Waals surface area contributed by atoms with E-state index in [0.29, 0.717) is 25.2 Å². The number of fused-ring (bicyclic) bond motifs is 2. The lowest BCUT2D eigenvalue weighted by molar-refractivity contribution is 0.171. The van der Waals surface area contributed by atoms with Crippen molar-refractivity contribution in [1.82, 2.24) is 10.3 Å². The zero-order chi connectivity index (χ0) is 21.8. The van der Waals surface area contributed by atoms with Gasteiger partial charge in [-0.3, -0.25) is 4.98 Å². The molecule has 168 valence electrons. The Morgan fingerprint density at radius 1 is 0.938 bits per heavy atom. The highest BCUT2D eigenvalue weighted by molar-refractivity contribution is 5.81. The summed E-state index contributed by atoms with van der Waals surface area (Å²) in [7, 11) is 1.68. The third kappa shape index (κ3) is 4.91. The summed E-state index contributed by atoms with van der Waals surface area (Å²) in [5.41, 5.74) is 2.18. The van der Waals surface area contributed by atoms with Gasteiger partial charge in [-0.05, 0) is 73.6 Å². The average molecular weight is 435 g/mol. The maximum atomic E-state index is 6.10. The molecule has 2 aliphatic rings. The van der Waals surface area contributed by atoms with Crippen molar-refractivity contribution in [1.29, 1.82) is 0 Å². The zero-order valence-electron chi connectivity index (χ0n) is 18.5. The quantitative estimate of drug-likeness (QED) is 0.580. The largest absolute Gasteiger partial charge is 0.497 e. The van der Waals surface area contributed by atoms with Crippen LogP contribution >= 0.6 is 0 Å². The van der Waals surface area contributed by atoms with Gasteiger partial charge in [-0.15, -0.1) is 0 Å². The Bertz CT molecular complexity index is 1060. The first-order valence-electron chi connectivity index (χ1n) is 11.5. The molecule has 6 nitrogen and oxygen atoms in total. The Hall–Kier alpha value is -2.99. The molecule has 0 radical (unpaired) electrons. The fraction of sp³-hybridized carbons (Fsp3) is 0.423. The van der Waals surface area contributed by atoms with Gasteiger partial charge in [-0.1, -0.05) is 6.07 Å². The van der Waals surface area contributed by atoms with Crippen molar-refractivity contribution in [3.63, 3.8) is 0 Å². The van der Waals surface area contributed by atoms with E-state index in [9.17, 15) is 0 Å². The van der Waals surface area contributed by atoms with E-state index in [2.05, 4.69) is 22.4 Å². The number of nitrogens with zero attached hydrogens (tertiary/aromatic N) is 1. The Balaban J connectivity index is 1.08. The molecule has 1 fully saturated rings. The van der Waals surface area contributed by atoms with Crippen LogP contribution in [-0.4, -0.2) is 38.0 Å². The van der Waals surface area contributed by atoms with E-state index < -0.39 is 0 Å². The Morgan fingerprint density at radius 3 is 2.59 bits per heavy atom. The molecule has 1 aliphatic heterocycles. The molecule has 0 atom stereocenters. The Labute approximate surface area is 188 Å². The van der Waals surface area contributed by atoms with Crippen LogP contribution in [0.15, 0.2) is 48.7 Å². The van der Waals surface area contributed by atoms with Crippen LogP contribution in [0.2, 0.25) is 0 Å². The standard InChI is InChI=1S/C26H30N2O4/c1-29-22-7-8-24-20(13-22)14-23(16-28-24)32-17-18-2-5-21(6-3-18)27-15-19-4-9-25-26(12-19)31-11-10-30-25/h4,7-9,12-14,16,18,21,27H,2-3,5-6,10-11,15,17H2,1H3. The number of rotatable bonds is 7. The van der Waals surface area contributed by atoms with E-state index in [-0.39, 0.29) is 0 Å². The SMILES string of the molecule is COc1ccc2ncc(OCC3CCC(NCc4ccc5c(c4)OCCO5)CC3)cc2c1. The van der Waals surface area contributed by atoms with Gasteiger partial charge in [0.05, 0.1) is 25.4 Å². The number of hydrogen-bond donors (Lipinski definition) is 1. The van der Waals surface area contributed by atoms with E-state index >= 15 is 0 Å². The highest BCUT2D eigenvalue weighted by Crippen LogP contribution is 2.31. The van der Waals surface area contributed by atoms with Gasteiger partial charge < -0.3 is 24.3 Å². The van der Waals surface area contributed by atoms with Crippen molar-refractivity contribution in [3.05, 3.63) is 54.2 Å². The molecule has 0 saturated heterocycles. The molecule has 2 aromatic carbocycles. The molecule has 6 heteroatoms. The molecule has 5 rings (SSSR count). The zero-order valence-corrected chi connectivity index (χ0v) is 18.5. The van der Waals surface area contributed by atoms with E-state index in [1.807, 2.05) is 36.5 Å². The molecule has 1 aliphatic carbocycles. The van der Waals surface area contributed by atoms with Crippen molar-refractivity contribution >= 4 is 10.9 Å². The molecule has 0 spiro atoms. The summed E-state index contributed by atoms with van der Waals surface area (Å²) >= 11 is 0. The Morgan fingerprint density at radius 2 is 1.75 bits per heavy atom. The second-order valence-electron chi connectivity index (χ2n) is 8.62. The third-order valence-electron chi connectivity index (χ3n) is 6.40. The number of benzene rings is 2. The second kappa shape index (κ2) is 9.65. The first-order valence-corrected chi connectivity index (χ1v) is 11.5. The van der Waals surface area contributed by atoms with Gasteiger partial charge in [0.1, 0.15) is 24.7 Å². The smallest absolute Gasteiger partial charge is 0.161 e. The Kier molecular flexibility index (Phi) is 6.30. The molecule has 0 unspecified atom stereocenters. The van der Waals surface area contributed by atoms with Crippen LogP contribution < -0.4 is 24.3 Å². The summed E-state index contributed by atoms with van der Waals surface area (Å²) in [4.78, 5) is 4.51. The van der Waals surface area contributed by atoms with Crippen LogP contribution in [0, 0.1) is 5.92 Å². The lowest BCUT2D eigenvalue weighted by atomic mass is 9.86. The van der Waals surface area contributed by atoms with Gasteiger partial charge in [0.25, 0.3) is 0 Å². The minimum Gasteiger partial charge on any atom is -0.497 e. The summed E-state index contributed by atoms with van der Waals surface area (Å²) in [6.07, 6.45) is 6.51. The highest BCUT2D eigenvalue weighted by atomic mass is 16.6. The average Bonchev–Trinajstić information content (AvgIpc) is 2.86.